The lowest BCUT2D eigenvalue weighted by Crippen LogP contribution is -2.48. The Balaban J connectivity index is 1.57. The first kappa shape index (κ1) is 17.3. The molecule has 0 bridgehead atoms. The molecule has 1 aliphatic heterocycles. The largest absolute Gasteiger partial charge is 0.336 e. The Bertz CT molecular complexity index is 708. The fourth-order valence-corrected chi connectivity index (χ4v) is 4.34. The van der Waals surface area contributed by atoms with Gasteiger partial charge >= 0.3 is 0 Å². The van der Waals surface area contributed by atoms with Crippen LogP contribution in [-0.2, 0) is 23.1 Å². The van der Waals surface area contributed by atoms with Gasteiger partial charge in [0.25, 0.3) is 5.91 Å². The van der Waals surface area contributed by atoms with Crippen LogP contribution in [0.3, 0.4) is 0 Å². The first-order chi connectivity index (χ1) is 11.6. The minimum absolute atomic E-state index is 0.0782. The van der Waals surface area contributed by atoms with Gasteiger partial charge < -0.3 is 4.90 Å². The molecule has 1 atom stereocenters. The fourth-order valence-electron chi connectivity index (χ4n) is 2.94. The monoisotopic (exact) mass is 362 g/mol. The van der Waals surface area contributed by atoms with Gasteiger partial charge in [0.1, 0.15) is 0 Å². The van der Waals surface area contributed by atoms with Crippen LogP contribution in [0.5, 0.6) is 0 Å². The van der Waals surface area contributed by atoms with E-state index < -0.39 is 10.8 Å². The van der Waals surface area contributed by atoms with E-state index >= 15 is 0 Å². The van der Waals surface area contributed by atoms with Crippen molar-refractivity contribution < 1.29 is 9.00 Å². The first-order valence-corrected chi connectivity index (χ1v) is 10.7. The maximum Gasteiger partial charge on any atom is 0.253 e. The van der Waals surface area contributed by atoms with Gasteiger partial charge in [-0.1, -0.05) is 18.2 Å². The van der Waals surface area contributed by atoms with Crippen molar-refractivity contribution in [1.29, 1.82) is 0 Å². The summed E-state index contributed by atoms with van der Waals surface area (Å²) in [6.45, 7) is 4.30. The third kappa shape index (κ3) is 4.53. The molecular weight excluding hydrogens is 340 g/mol. The summed E-state index contributed by atoms with van der Waals surface area (Å²) in [5.74, 6) is 0.574. The van der Waals surface area contributed by atoms with Gasteiger partial charge in [-0.25, -0.2) is 0 Å². The number of amides is 1. The molecule has 2 heterocycles. The molecule has 0 saturated carbocycles. The number of rotatable bonds is 5. The highest BCUT2D eigenvalue weighted by Gasteiger charge is 2.22. The smallest absolute Gasteiger partial charge is 0.253 e. The lowest BCUT2D eigenvalue weighted by molar-refractivity contribution is 0.0629. The van der Waals surface area contributed by atoms with E-state index in [0.717, 1.165) is 38.3 Å². The molecule has 1 aromatic heterocycles. The van der Waals surface area contributed by atoms with Gasteiger partial charge in [0, 0.05) is 66.0 Å². The van der Waals surface area contributed by atoms with Crippen LogP contribution in [0.4, 0.5) is 0 Å². The maximum absolute atomic E-state index is 12.7. The fraction of sp³-hybridized carbons (Fsp3) is 0.389. The second kappa shape index (κ2) is 8.05. The summed E-state index contributed by atoms with van der Waals surface area (Å²) < 4.78 is 11.4. The van der Waals surface area contributed by atoms with Crippen molar-refractivity contribution in [2.45, 2.75) is 12.3 Å². The van der Waals surface area contributed by atoms with Crippen LogP contribution in [0.1, 0.15) is 20.8 Å². The number of hydrogen-bond donors (Lipinski definition) is 0. The molecule has 0 radical (unpaired) electrons. The average molecular weight is 363 g/mol. The number of carbonyl (C=O) groups excluding carboxylic acids is 1. The summed E-state index contributed by atoms with van der Waals surface area (Å²) in [6, 6.07) is 11.8. The molecule has 1 unspecified atom stereocenters. The standard InChI is InChI=1S/C18H22N2O2S2/c1-24(22)14-15-4-2-5-16(12-15)18(21)20-9-7-19(8-10-20)13-17-6-3-11-23-17/h2-6,11-12H,7-10,13-14H2,1H3. The molecule has 0 spiro atoms. The predicted molar refractivity (Wildman–Crippen MR) is 99.7 cm³/mol. The maximum atomic E-state index is 12.7. The Kier molecular flexibility index (Phi) is 5.81. The highest BCUT2D eigenvalue weighted by Crippen LogP contribution is 2.15. The van der Waals surface area contributed by atoms with E-state index in [9.17, 15) is 9.00 Å². The lowest BCUT2D eigenvalue weighted by atomic mass is 10.1. The summed E-state index contributed by atoms with van der Waals surface area (Å²) in [4.78, 5) is 18.4. The number of hydrogen-bond acceptors (Lipinski definition) is 4. The average Bonchev–Trinajstić information content (AvgIpc) is 3.07. The van der Waals surface area contributed by atoms with Gasteiger partial charge in [0.15, 0.2) is 0 Å². The topological polar surface area (TPSA) is 40.6 Å². The summed E-state index contributed by atoms with van der Waals surface area (Å²) in [7, 11) is -0.894. The van der Waals surface area contributed by atoms with Crippen molar-refractivity contribution in [2.24, 2.45) is 0 Å². The van der Waals surface area contributed by atoms with Crippen LogP contribution in [0.2, 0.25) is 0 Å². The van der Waals surface area contributed by atoms with Crippen molar-refractivity contribution in [3.05, 3.63) is 57.8 Å². The van der Waals surface area contributed by atoms with Crippen LogP contribution in [0.25, 0.3) is 0 Å². The molecule has 6 heteroatoms. The van der Waals surface area contributed by atoms with Crippen molar-refractivity contribution in [2.75, 3.05) is 32.4 Å². The zero-order valence-corrected chi connectivity index (χ0v) is 15.4. The van der Waals surface area contributed by atoms with E-state index in [0.29, 0.717) is 11.3 Å². The Labute approximate surface area is 149 Å². The minimum Gasteiger partial charge on any atom is -0.336 e. The van der Waals surface area contributed by atoms with Crippen LogP contribution in [0, 0.1) is 0 Å². The third-order valence-electron chi connectivity index (χ3n) is 4.16. The SMILES string of the molecule is CS(=O)Cc1cccc(C(=O)N2CCN(Cc3cccs3)CC2)c1. The second-order valence-corrected chi connectivity index (χ2v) is 8.53. The molecule has 1 amide bonds. The number of carbonyl (C=O) groups is 1. The zero-order valence-electron chi connectivity index (χ0n) is 13.8. The lowest BCUT2D eigenvalue weighted by Gasteiger charge is -2.34. The van der Waals surface area contributed by atoms with Gasteiger partial charge in [-0.15, -0.1) is 11.3 Å². The molecular formula is C18H22N2O2S2. The number of nitrogens with zero attached hydrogens (tertiary/aromatic N) is 2. The van der Waals surface area contributed by atoms with E-state index in [2.05, 4.69) is 22.4 Å². The summed E-state index contributed by atoms with van der Waals surface area (Å²) in [6.07, 6.45) is 1.68. The molecule has 2 aromatic rings. The molecule has 1 aromatic carbocycles. The Morgan fingerprint density at radius 1 is 1.17 bits per heavy atom. The van der Waals surface area contributed by atoms with Crippen molar-refractivity contribution >= 4 is 28.0 Å². The molecule has 0 N–H and O–H groups in total. The van der Waals surface area contributed by atoms with Gasteiger partial charge in [-0.3, -0.25) is 13.9 Å². The van der Waals surface area contributed by atoms with Gasteiger partial charge in [-0.2, -0.15) is 0 Å². The number of thiophene rings is 1. The van der Waals surface area contributed by atoms with Crippen LogP contribution >= 0.6 is 11.3 Å². The van der Waals surface area contributed by atoms with E-state index in [1.54, 1.807) is 17.6 Å². The molecule has 24 heavy (non-hydrogen) atoms. The van der Waals surface area contributed by atoms with Crippen molar-refractivity contribution in [3.63, 3.8) is 0 Å². The van der Waals surface area contributed by atoms with Gasteiger partial charge in [-0.05, 0) is 29.1 Å². The molecule has 128 valence electrons. The van der Waals surface area contributed by atoms with E-state index in [1.165, 1.54) is 4.88 Å². The number of piperazine rings is 1. The minimum atomic E-state index is -0.894. The van der Waals surface area contributed by atoms with E-state index in [4.69, 9.17) is 0 Å². The second-order valence-electron chi connectivity index (χ2n) is 6.07. The van der Waals surface area contributed by atoms with E-state index in [-0.39, 0.29) is 5.91 Å². The predicted octanol–water partition coefficient (Wildman–Crippen LogP) is 2.58. The molecule has 4 nitrogen and oxygen atoms in total. The molecule has 3 rings (SSSR count). The van der Waals surface area contributed by atoms with Crippen LogP contribution in [-0.4, -0.2) is 52.4 Å². The first-order valence-electron chi connectivity index (χ1n) is 8.05. The Hall–Kier alpha value is -1.50. The quantitative estimate of drug-likeness (QED) is 0.821. The van der Waals surface area contributed by atoms with E-state index in [1.807, 2.05) is 29.2 Å². The van der Waals surface area contributed by atoms with Gasteiger partial charge in [0.05, 0.1) is 0 Å². The highest BCUT2D eigenvalue weighted by atomic mass is 32.2. The van der Waals surface area contributed by atoms with Crippen molar-refractivity contribution in [3.8, 4) is 0 Å². The molecule has 1 aliphatic rings. The highest BCUT2D eigenvalue weighted by molar-refractivity contribution is 7.83. The van der Waals surface area contributed by atoms with Crippen molar-refractivity contribution in [1.82, 2.24) is 9.80 Å². The van der Waals surface area contributed by atoms with Crippen LogP contribution < -0.4 is 0 Å². The van der Waals surface area contributed by atoms with Crippen LogP contribution in [0.15, 0.2) is 41.8 Å². The summed E-state index contributed by atoms with van der Waals surface area (Å²) in [5, 5.41) is 2.10. The van der Waals surface area contributed by atoms with Gasteiger partial charge in [0.2, 0.25) is 0 Å². The molecule has 1 fully saturated rings. The Morgan fingerprint density at radius 3 is 2.62 bits per heavy atom. The summed E-state index contributed by atoms with van der Waals surface area (Å²) >= 11 is 1.78. The normalized spacial score (nSPS) is 17.0. The molecule has 0 aliphatic carbocycles. The summed E-state index contributed by atoms with van der Waals surface area (Å²) in [5.41, 5.74) is 1.66. The zero-order chi connectivity index (χ0) is 16.9. The third-order valence-corrected chi connectivity index (χ3v) is 5.76. The molecule has 1 saturated heterocycles. The number of benzene rings is 1. The Morgan fingerprint density at radius 2 is 1.96 bits per heavy atom.